The number of esters is 1. The molecule has 116 valence electrons. The van der Waals surface area contributed by atoms with Gasteiger partial charge in [-0.3, -0.25) is 5.32 Å². The molecule has 0 heterocycles. The Morgan fingerprint density at radius 2 is 2.00 bits per heavy atom. The Morgan fingerprint density at radius 3 is 2.62 bits per heavy atom. The first-order valence-electron chi connectivity index (χ1n) is 8.11. The predicted octanol–water partition coefficient (Wildman–Crippen LogP) is 3.83. The van der Waals surface area contributed by atoms with Crippen LogP contribution in [0.5, 0.6) is 0 Å². The highest BCUT2D eigenvalue weighted by Crippen LogP contribution is 2.25. The summed E-state index contributed by atoms with van der Waals surface area (Å²) in [6.07, 6.45) is 6.12. The van der Waals surface area contributed by atoms with Crippen LogP contribution in [0, 0.1) is 13.8 Å². The van der Waals surface area contributed by atoms with Crippen LogP contribution in [-0.4, -0.2) is 18.6 Å². The third kappa shape index (κ3) is 4.31. The third-order valence-electron chi connectivity index (χ3n) is 4.27. The molecule has 0 aliphatic heterocycles. The van der Waals surface area contributed by atoms with E-state index < -0.39 is 0 Å². The van der Waals surface area contributed by atoms with Crippen LogP contribution in [-0.2, 0) is 9.53 Å². The molecule has 0 spiro atoms. The predicted molar refractivity (Wildman–Crippen MR) is 85.3 cm³/mol. The number of benzene rings is 1. The minimum absolute atomic E-state index is 0.157. The van der Waals surface area contributed by atoms with Crippen molar-refractivity contribution in [1.82, 2.24) is 5.32 Å². The van der Waals surface area contributed by atoms with Crippen LogP contribution < -0.4 is 5.32 Å². The molecule has 3 heteroatoms. The van der Waals surface area contributed by atoms with E-state index in [1.165, 1.54) is 24.8 Å². The van der Waals surface area contributed by atoms with E-state index in [0.29, 0.717) is 12.6 Å². The highest BCUT2D eigenvalue weighted by atomic mass is 16.5. The molecule has 1 atom stereocenters. The average Bonchev–Trinajstić information content (AvgIpc) is 2.47. The Bertz CT molecular complexity index is 478. The number of ether oxygens (including phenoxy) is 1. The van der Waals surface area contributed by atoms with Crippen molar-refractivity contribution in [3.8, 4) is 0 Å². The van der Waals surface area contributed by atoms with Crippen LogP contribution in [0.4, 0.5) is 0 Å². The van der Waals surface area contributed by atoms with Gasteiger partial charge in [-0.25, -0.2) is 4.79 Å². The topological polar surface area (TPSA) is 38.3 Å². The minimum Gasteiger partial charge on any atom is -0.465 e. The van der Waals surface area contributed by atoms with Crippen molar-refractivity contribution < 1.29 is 9.53 Å². The standard InChI is InChI=1S/C18H27NO2/c1-4-21-18(20)17(19-15-8-6-5-7-9-15)16-11-10-13(2)12-14(16)3/h10-12,15,17,19H,4-9H2,1-3H3. The molecule has 2 rings (SSSR count). The summed E-state index contributed by atoms with van der Waals surface area (Å²) >= 11 is 0. The van der Waals surface area contributed by atoms with Crippen LogP contribution in [0.2, 0.25) is 0 Å². The lowest BCUT2D eigenvalue weighted by Gasteiger charge is -2.28. The van der Waals surface area contributed by atoms with Crippen LogP contribution in [0.1, 0.15) is 61.8 Å². The molecule has 1 N–H and O–H groups in total. The van der Waals surface area contributed by atoms with Gasteiger partial charge < -0.3 is 4.74 Å². The average molecular weight is 289 g/mol. The van der Waals surface area contributed by atoms with E-state index in [1.807, 2.05) is 6.92 Å². The molecule has 0 saturated heterocycles. The fraction of sp³-hybridized carbons (Fsp3) is 0.611. The summed E-state index contributed by atoms with van der Waals surface area (Å²) in [6.45, 7) is 6.42. The molecule has 1 aliphatic carbocycles. The van der Waals surface area contributed by atoms with Gasteiger partial charge in [-0.15, -0.1) is 0 Å². The Morgan fingerprint density at radius 1 is 1.29 bits per heavy atom. The van der Waals surface area contributed by atoms with Crippen molar-refractivity contribution in [2.24, 2.45) is 0 Å². The van der Waals surface area contributed by atoms with Gasteiger partial charge in [-0.05, 0) is 44.7 Å². The zero-order valence-electron chi connectivity index (χ0n) is 13.4. The van der Waals surface area contributed by atoms with Gasteiger partial charge in [0.2, 0.25) is 0 Å². The van der Waals surface area contributed by atoms with E-state index in [0.717, 1.165) is 24.0 Å². The molecule has 1 aliphatic rings. The maximum Gasteiger partial charge on any atom is 0.327 e. The van der Waals surface area contributed by atoms with E-state index in [9.17, 15) is 4.79 Å². The number of carbonyl (C=O) groups excluding carboxylic acids is 1. The first kappa shape index (κ1) is 16.0. The number of nitrogens with one attached hydrogen (secondary N) is 1. The second kappa shape index (κ2) is 7.60. The van der Waals surface area contributed by atoms with Gasteiger partial charge >= 0.3 is 5.97 Å². The number of rotatable bonds is 5. The molecule has 3 nitrogen and oxygen atoms in total. The first-order valence-corrected chi connectivity index (χ1v) is 8.11. The Balaban J connectivity index is 2.19. The van der Waals surface area contributed by atoms with Crippen LogP contribution >= 0.6 is 0 Å². The third-order valence-corrected chi connectivity index (χ3v) is 4.27. The highest BCUT2D eigenvalue weighted by Gasteiger charge is 2.27. The summed E-state index contributed by atoms with van der Waals surface area (Å²) in [7, 11) is 0. The van der Waals surface area contributed by atoms with E-state index >= 15 is 0 Å². The summed E-state index contributed by atoms with van der Waals surface area (Å²) in [5.74, 6) is -0.157. The Hall–Kier alpha value is -1.35. The smallest absolute Gasteiger partial charge is 0.327 e. The monoisotopic (exact) mass is 289 g/mol. The first-order chi connectivity index (χ1) is 10.1. The molecule has 1 saturated carbocycles. The summed E-state index contributed by atoms with van der Waals surface area (Å²) < 4.78 is 5.28. The molecule has 1 aromatic rings. The lowest BCUT2D eigenvalue weighted by Crippen LogP contribution is -2.39. The van der Waals surface area contributed by atoms with Gasteiger partial charge in [-0.2, -0.15) is 0 Å². The number of aryl methyl sites for hydroxylation is 2. The molecule has 1 aromatic carbocycles. The normalized spacial score (nSPS) is 17.5. The maximum absolute atomic E-state index is 12.4. The zero-order valence-corrected chi connectivity index (χ0v) is 13.4. The molecule has 0 amide bonds. The van der Waals surface area contributed by atoms with Crippen LogP contribution in [0.15, 0.2) is 18.2 Å². The van der Waals surface area contributed by atoms with Crippen LogP contribution in [0.25, 0.3) is 0 Å². The summed E-state index contributed by atoms with van der Waals surface area (Å²) in [6, 6.07) is 6.34. The fourth-order valence-corrected chi connectivity index (χ4v) is 3.16. The highest BCUT2D eigenvalue weighted by molar-refractivity contribution is 5.78. The Labute approximate surface area is 128 Å². The van der Waals surface area contributed by atoms with Crippen molar-refractivity contribution in [2.75, 3.05) is 6.61 Å². The number of hydrogen-bond acceptors (Lipinski definition) is 3. The van der Waals surface area contributed by atoms with Crippen molar-refractivity contribution >= 4 is 5.97 Å². The van der Waals surface area contributed by atoms with Gasteiger partial charge in [0.25, 0.3) is 0 Å². The van der Waals surface area contributed by atoms with Gasteiger partial charge in [0, 0.05) is 6.04 Å². The Kier molecular flexibility index (Phi) is 5.80. The zero-order chi connectivity index (χ0) is 15.2. The number of hydrogen-bond donors (Lipinski definition) is 1. The van der Waals surface area contributed by atoms with E-state index in [-0.39, 0.29) is 12.0 Å². The second-order valence-corrected chi connectivity index (χ2v) is 6.05. The molecule has 0 bridgehead atoms. The van der Waals surface area contributed by atoms with Crippen molar-refractivity contribution in [2.45, 2.75) is 65.0 Å². The lowest BCUT2D eigenvalue weighted by atomic mass is 9.92. The molecule has 0 aromatic heterocycles. The molecular weight excluding hydrogens is 262 g/mol. The van der Waals surface area contributed by atoms with Crippen molar-refractivity contribution in [3.63, 3.8) is 0 Å². The quantitative estimate of drug-likeness (QED) is 0.837. The summed E-state index contributed by atoms with van der Waals surface area (Å²) in [4.78, 5) is 12.4. The molecule has 1 fully saturated rings. The van der Waals surface area contributed by atoms with Gasteiger partial charge in [-0.1, -0.05) is 43.0 Å². The van der Waals surface area contributed by atoms with E-state index in [1.54, 1.807) is 0 Å². The lowest BCUT2D eigenvalue weighted by molar-refractivity contribution is -0.146. The molecule has 1 unspecified atom stereocenters. The summed E-state index contributed by atoms with van der Waals surface area (Å²) in [5, 5.41) is 3.54. The molecule has 21 heavy (non-hydrogen) atoms. The van der Waals surface area contributed by atoms with Crippen molar-refractivity contribution in [1.29, 1.82) is 0 Å². The van der Waals surface area contributed by atoms with E-state index in [2.05, 4.69) is 37.4 Å². The van der Waals surface area contributed by atoms with Crippen LogP contribution in [0.3, 0.4) is 0 Å². The maximum atomic E-state index is 12.4. The minimum atomic E-state index is -0.339. The van der Waals surface area contributed by atoms with Gasteiger partial charge in [0.1, 0.15) is 6.04 Å². The van der Waals surface area contributed by atoms with E-state index in [4.69, 9.17) is 4.74 Å². The largest absolute Gasteiger partial charge is 0.465 e. The summed E-state index contributed by atoms with van der Waals surface area (Å²) in [5.41, 5.74) is 3.41. The molecular formula is C18H27NO2. The van der Waals surface area contributed by atoms with Gasteiger partial charge in [0.05, 0.1) is 6.61 Å². The molecule has 0 radical (unpaired) electrons. The fourth-order valence-electron chi connectivity index (χ4n) is 3.16. The number of carbonyl (C=O) groups is 1. The SMILES string of the molecule is CCOC(=O)C(NC1CCCCC1)c1ccc(C)cc1C. The van der Waals surface area contributed by atoms with Gasteiger partial charge in [0.15, 0.2) is 0 Å². The second-order valence-electron chi connectivity index (χ2n) is 6.05. The van der Waals surface area contributed by atoms with Crippen molar-refractivity contribution in [3.05, 3.63) is 34.9 Å².